The zero-order valence-electron chi connectivity index (χ0n) is 11.7. The summed E-state index contributed by atoms with van der Waals surface area (Å²) in [6, 6.07) is 14.9. The van der Waals surface area contributed by atoms with Gasteiger partial charge in [-0.25, -0.2) is 4.98 Å². The molecule has 3 nitrogen and oxygen atoms in total. The van der Waals surface area contributed by atoms with E-state index in [4.69, 9.17) is 0 Å². The second-order valence-corrected chi connectivity index (χ2v) is 6.40. The van der Waals surface area contributed by atoms with Gasteiger partial charge in [0.25, 0.3) is 0 Å². The van der Waals surface area contributed by atoms with Gasteiger partial charge in [0.2, 0.25) is 0 Å². The number of H-pyrrole nitrogens is 1. The fourth-order valence-corrected chi connectivity index (χ4v) is 3.43. The molecule has 2 heterocycles. The average Bonchev–Trinajstić information content (AvgIpc) is 3.08. The largest absolute Gasteiger partial charge is 0.381 e. The number of fused-ring (bicyclic) bond motifs is 2. The highest BCUT2D eigenvalue weighted by atomic mass is 32.1. The second-order valence-electron chi connectivity index (χ2n) is 5.17. The molecule has 104 valence electrons. The lowest BCUT2D eigenvalue weighted by Gasteiger charge is -2.06. The van der Waals surface area contributed by atoms with Gasteiger partial charge in [0.1, 0.15) is 0 Å². The number of anilines is 1. The minimum absolute atomic E-state index is 0.818. The maximum atomic E-state index is 4.49. The van der Waals surface area contributed by atoms with E-state index in [1.165, 1.54) is 21.2 Å². The summed E-state index contributed by atoms with van der Waals surface area (Å²) in [7, 11) is 0. The van der Waals surface area contributed by atoms with Crippen molar-refractivity contribution in [2.45, 2.75) is 13.5 Å². The van der Waals surface area contributed by atoms with E-state index in [0.717, 1.165) is 22.8 Å². The van der Waals surface area contributed by atoms with Gasteiger partial charge in [0.15, 0.2) is 0 Å². The first-order valence-corrected chi connectivity index (χ1v) is 7.77. The fourth-order valence-electron chi connectivity index (χ4n) is 2.56. The topological polar surface area (TPSA) is 40.7 Å². The molecule has 0 aliphatic carbocycles. The lowest BCUT2D eigenvalue weighted by molar-refractivity contribution is 1.15. The summed E-state index contributed by atoms with van der Waals surface area (Å²) in [5.41, 5.74) is 4.67. The van der Waals surface area contributed by atoms with Crippen molar-refractivity contribution < 1.29 is 0 Å². The van der Waals surface area contributed by atoms with Crippen molar-refractivity contribution in [3.63, 3.8) is 0 Å². The number of thiazole rings is 1. The van der Waals surface area contributed by atoms with Crippen LogP contribution in [0, 0.1) is 6.92 Å². The van der Waals surface area contributed by atoms with Crippen LogP contribution >= 0.6 is 11.3 Å². The third-order valence-corrected chi connectivity index (χ3v) is 4.55. The molecule has 4 heteroatoms. The van der Waals surface area contributed by atoms with Crippen molar-refractivity contribution in [1.82, 2.24) is 9.97 Å². The molecule has 2 aromatic heterocycles. The van der Waals surface area contributed by atoms with Crippen molar-refractivity contribution in [3.8, 4) is 0 Å². The van der Waals surface area contributed by atoms with Crippen molar-refractivity contribution in [3.05, 3.63) is 59.2 Å². The number of nitrogens with one attached hydrogen (secondary N) is 2. The van der Waals surface area contributed by atoms with Crippen LogP contribution in [-0.4, -0.2) is 9.97 Å². The van der Waals surface area contributed by atoms with E-state index >= 15 is 0 Å². The van der Waals surface area contributed by atoms with E-state index in [1.54, 1.807) is 11.3 Å². The van der Waals surface area contributed by atoms with Gasteiger partial charge in [0.05, 0.1) is 15.2 Å². The highest BCUT2D eigenvalue weighted by Crippen LogP contribution is 2.25. The highest BCUT2D eigenvalue weighted by molar-refractivity contribution is 7.18. The number of benzene rings is 2. The molecule has 0 fully saturated rings. The second kappa shape index (κ2) is 4.90. The number of aromatic nitrogens is 2. The number of nitrogens with zero attached hydrogens (tertiary/aromatic N) is 1. The minimum Gasteiger partial charge on any atom is -0.381 e. The van der Waals surface area contributed by atoms with Crippen LogP contribution in [0.5, 0.6) is 0 Å². The van der Waals surface area contributed by atoms with E-state index in [0.29, 0.717) is 0 Å². The van der Waals surface area contributed by atoms with Crippen LogP contribution in [0.4, 0.5) is 5.69 Å². The van der Waals surface area contributed by atoms with E-state index in [2.05, 4.69) is 57.7 Å². The Hall–Kier alpha value is -2.33. The molecule has 2 aromatic carbocycles. The van der Waals surface area contributed by atoms with Crippen LogP contribution in [0.3, 0.4) is 0 Å². The van der Waals surface area contributed by atoms with E-state index < -0.39 is 0 Å². The van der Waals surface area contributed by atoms with Crippen molar-refractivity contribution in [2.75, 3.05) is 5.32 Å². The minimum atomic E-state index is 0.818. The van der Waals surface area contributed by atoms with Crippen LogP contribution in [0.25, 0.3) is 21.1 Å². The molecule has 0 amide bonds. The Balaban J connectivity index is 1.56. The van der Waals surface area contributed by atoms with Crippen LogP contribution in [-0.2, 0) is 6.54 Å². The summed E-state index contributed by atoms with van der Waals surface area (Å²) in [4.78, 5) is 7.74. The molecule has 0 bridgehead atoms. The zero-order chi connectivity index (χ0) is 14.2. The normalized spacial score (nSPS) is 11.3. The molecule has 0 spiro atoms. The number of hydrogen-bond acceptors (Lipinski definition) is 3. The Kier molecular flexibility index (Phi) is 2.89. The quantitative estimate of drug-likeness (QED) is 0.575. The van der Waals surface area contributed by atoms with Gasteiger partial charge < -0.3 is 10.3 Å². The van der Waals surface area contributed by atoms with Crippen molar-refractivity contribution in [2.24, 2.45) is 0 Å². The highest BCUT2D eigenvalue weighted by Gasteiger charge is 2.02. The predicted molar refractivity (Wildman–Crippen MR) is 90.0 cm³/mol. The summed E-state index contributed by atoms with van der Waals surface area (Å²) in [6.07, 6.45) is 1.97. The van der Waals surface area contributed by atoms with Crippen molar-refractivity contribution in [1.29, 1.82) is 0 Å². The first-order valence-electron chi connectivity index (χ1n) is 6.95. The lowest BCUT2D eigenvalue weighted by Crippen LogP contribution is -1.98. The third-order valence-electron chi connectivity index (χ3n) is 3.61. The Bertz CT molecular complexity index is 920. The molecule has 0 saturated carbocycles. The molecule has 0 unspecified atom stereocenters. The molecular formula is C17H15N3S. The van der Waals surface area contributed by atoms with Gasteiger partial charge in [-0.3, -0.25) is 0 Å². The van der Waals surface area contributed by atoms with Crippen LogP contribution in [0.15, 0.2) is 48.7 Å². The molecule has 4 rings (SSSR count). The predicted octanol–water partition coefficient (Wildman–Crippen LogP) is 4.70. The van der Waals surface area contributed by atoms with E-state index in [-0.39, 0.29) is 0 Å². The Morgan fingerprint density at radius 1 is 1.14 bits per heavy atom. The van der Waals surface area contributed by atoms with Crippen molar-refractivity contribution >= 4 is 38.1 Å². The summed E-state index contributed by atoms with van der Waals surface area (Å²) < 4.78 is 1.23. The smallest absolute Gasteiger partial charge is 0.0907 e. The third kappa shape index (κ3) is 2.38. The molecule has 0 aliphatic rings. The Morgan fingerprint density at radius 3 is 3.05 bits per heavy atom. The molecule has 0 atom stereocenters. The van der Waals surface area contributed by atoms with E-state index in [9.17, 15) is 0 Å². The summed E-state index contributed by atoms with van der Waals surface area (Å²) in [5, 5.41) is 5.85. The van der Waals surface area contributed by atoms with Crippen LogP contribution < -0.4 is 5.32 Å². The fraction of sp³-hybridized carbons (Fsp3) is 0.118. The SMILES string of the molecule is Cc1nc2ccc(NCc3ccc4cc[nH]c4c3)cc2s1. The maximum absolute atomic E-state index is 4.49. The van der Waals surface area contributed by atoms with E-state index in [1.807, 2.05) is 13.1 Å². The van der Waals surface area contributed by atoms with Gasteiger partial charge in [0, 0.05) is 23.9 Å². The number of aryl methyl sites for hydroxylation is 1. The molecule has 2 N–H and O–H groups in total. The number of rotatable bonds is 3. The summed E-state index contributed by atoms with van der Waals surface area (Å²) in [5.74, 6) is 0. The average molecular weight is 293 g/mol. The lowest BCUT2D eigenvalue weighted by atomic mass is 10.1. The van der Waals surface area contributed by atoms with Gasteiger partial charge in [-0.15, -0.1) is 11.3 Å². The maximum Gasteiger partial charge on any atom is 0.0907 e. The molecule has 0 radical (unpaired) electrons. The van der Waals surface area contributed by atoms with Gasteiger partial charge in [-0.1, -0.05) is 12.1 Å². The van der Waals surface area contributed by atoms with Crippen LogP contribution in [0.2, 0.25) is 0 Å². The standard InChI is InChI=1S/C17H15N3S/c1-11-20-15-5-4-14(9-17(15)21-11)19-10-12-2-3-13-6-7-18-16(13)8-12/h2-9,18-19H,10H2,1H3. The van der Waals surface area contributed by atoms with Crippen LogP contribution in [0.1, 0.15) is 10.6 Å². The molecule has 0 aliphatic heterocycles. The van der Waals surface area contributed by atoms with Gasteiger partial charge >= 0.3 is 0 Å². The van der Waals surface area contributed by atoms with Gasteiger partial charge in [-0.05, 0) is 48.2 Å². The number of hydrogen-bond donors (Lipinski definition) is 2. The summed E-state index contributed by atoms with van der Waals surface area (Å²) >= 11 is 1.73. The monoisotopic (exact) mass is 293 g/mol. The Morgan fingerprint density at radius 2 is 2.10 bits per heavy atom. The molecular weight excluding hydrogens is 278 g/mol. The first-order chi connectivity index (χ1) is 10.3. The Labute approximate surface area is 126 Å². The van der Waals surface area contributed by atoms with Gasteiger partial charge in [-0.2, -0.15) is 0 Å². The molecule has 21 heavy (non-hydrogen) atoms. The number of aromatic amines is 1. The summed E-state index contributed by atoms with van der Waals surface area (Å²) in [6.45, 7) is 2.86. The first kappa shape index (κ1) is 12.4. The zero-order valence-corrected chi connectivity index (χ0v) is 12.5. The molecule has 4 aromatic rings. The molecule has 0 saturated heterocycles.